The van der Waals surface area contributed by atoms with E-state index < -0.39 is 11.9 Å². The van der Waals surface area contributed by atoms with Crippen molar-refractivity contribution in [2.75, 3.05) is 20.8 Å². The molecule has 0 aromatic rings. The first-order valence-corrected chi connectivity index (χ1v) is 11.9. The van der Waals surface area contributed by atoms with Gasteiger partial charge in [-0.3, -0.25) is 14.4 Å². The Balaban J connectivity index is 0.000000311. The molecule has 0 unspecified atom stereocenters. The average molecular weight is 443 g/mol. The van der Waals surface area contributed by atoms with Gasteiger partial charge in [0.05, 0.1) is 32.5 Å². The number of carbonyl (C=O) groups excluding carboxylic acids is 2. The molecule has 7 nitrogen and oxygen atoms in total. The predicted octanol–water partition coefficient (Wildman–Crippen LogP) is 4.35. The number of aliphatic carboxylic acids is 1. The molecule has 0 spiro atoms. The van der Waals surface area contributed by atoms with Gasteiger partial charge in [-0.05, 0) is 31.1 Å². The van der Waals surface area contributed by atoms with Crippen LogP contribution in [-0.2, 0) is 23.9 Å². The Morgan fingerprint density at radius 3 is 1.58 bits per heavy atom. The second-order valence-corrected chi connectivity index (χ2v) is 9.03. The third-order valence-corrected chi connectivity index (χ3v) is 6.65. The molecule has 0 heterocycles. The zero-order valence-electron chi connectivity index (χ0n) is 19.4. The molecular formula is C24H42O7. The van der Waals surface area contributed by atoms with E-state index in [1.165, 1.54) is 65.6 Å². The largest absolute Gasteiger partial charge is 0.481 e. The van der Waals surface area contributed by atoms with E-state index in [1.807, 2.05) is 0 Å². The summed E-state index contributed by atoms with van der Waals surface area (Å²) >= 11 is 0. The maximum Gasteiger partial charge on any atom is 0.309 e. The average Bonchev–Trinajstić information content (AvgIpc) is 2.79. The summed E-state index contributed by atoms with van der Waals surface area (Å²) in [6.45, 7) is 0.0759. The van der Waals surface area contributed by atoms with Crippen LogP contribution in [0.4, 0.5) is 0 Å². The first kappa shape index (κ1) is 27.4. The fourth-order valence-corrected chi connectivity index (χ4v) is 4.95. The number of ether oxygens (including phenoxy) is 2. The lowest BCUT2D eigenvalue weighted by Gasteiger charge is -2.24. The number of hydrogen-bond acceptors (Lipinski definition) is 6. The van der Waals surface area contributed by atoms with Gasteiger partial charge in [0, 0.05) is 6.61 Å². The number of hydrogen-bond donors (Lipinski definition) is 2. The molecule has 0 bridgehead atoms. The van der Waals surface area contributed by atoms with Crippen molar-refractivity contribution in [3.05, 3.63) is 0 Å². The Morgan fingerprint density at radius 2 is 1.19 bits per heavy atom. The Labute approximate surface area is 186 Å². The van der Waals surface area contributed by atoms with Crippen molar-refractivity contribution < 1.29 is 34.1 Å². The van der Waals surface area contributed by atoms with E-state index in [0.29, 0.717) is 24.7 Å². The summed E-state index contributed by atoms with van der Waals surface area (Å²) in [5.74, 6) is -0.867. The third-order valence-electron chi connectivity index (χ3n) is 6.65. The van der Waals surface area contributed by atoms with Crippen LogP contribution in [0.2, 0.25) is 0 Å². The molecule has 0 aliphatic heterocycles. The molecule has 2 aliphatic rings. The van der Waals surface area contributed by atoms with Crippen molar-refractivity contribution in [1.29, 1.82) is 0 Å². The number of carboxylic acid groups (broad SMARTS) is 1. The molecule has 2 fully saturated rings. The van der Waals surface area contributed by atoms with Gasteiger partial charge < -0.3 is 19.7 Å². The molecule has 180 valence electrons. The second kappa shape index (κ2) is 16.1. The van der Waals surface area contributed by atoms with Gasteiger partial charge in [-0.1, -0.05) is 64.2 Å². The van der Waals surface area contributed by atoms with Gasteiger partial charge in [0.25, 0.3) is 0 Å². The summed E-state index contributed by atoms with van der Waals surface area (Å²) in [6.07, 6.45) is 14.3. The summed E-state index contributed by atoms with van der Waals surface area (Å²) in [6, 6.07) is 0. The molecular weight excluding hydrogens is 400 g/mol. The van der Waals surface area contributed by atoms with Crippen LogP contribution in [0.15, 0.2) is 0 Å². The van der Waals surface area contributed by atoms with E-state index in [1.54, 1.807) is 0 Å². The zero-order valence-corrected chi connectivity index (χ0v) is 19.4. The fraction of sp³-hybridized carbons (Fsp3) is 0.875. The lowest BCUT2D eigenvalue weighted by Crippen LogP contribution is -2.23. The monoisotopic (exact) mass is 442 g/mol. The molecule has 0 aromatic carbocycles. The highest BCUT2D eigenvalue weighted by Gasteiger charge is 2.27. The van der Waals surface area contributed by atoms with Crippen molar-refractivity contribution in [3.63, 3.8) is 0 Å². The third kappa shape index (κ3) is 11.5. The Morgan fingerprint density at radius 1 is 0.774 bits per heavy atom. The summed E-state index contributed by atoms with van der Waals surface area (Å²) in [5.41, 5.74) is 0. The van der Waals surface area contributed by atoms with E-state index >= 15 is 0 Å². The number of methoxy groups -OCH3 is 2. The van der Waals surface area contributed by atoms with Gasteiger partial charge in [-0.15, -0.1) is 0 Å². The van der Waals surface area contributed by atoms with E-state index in [-0.39, 0.29) is 30.9 Å². The maximum atomic E-state index is 11.4. The number of aliphatic hydroxyl groups excluding tert-OH is 1. The summed E-state index contributed by atoms with van der Waals surface area (Å²) < 4.78 is 9.41. The van der Waals surface area contributed by atoms with Crippen LogP contribution in [0.25, 0.3) is 0 Å². The highest BCUT2D eigenvalue weighted by atomic mass is 16.5. The quantitative estimate of drug-likeness (QED) is 0.484. The Hall–Kier alpha value is -1.63. The minimum Gasteiger partial charge on any atom is -0.481 e. The van der Waals surface area contributed by atoms with Crippen LogP contribution < -0.4 is 0 Å². The van der Waals surface area contributed by atoms with E-state index in [0.717, 1.165) is 19.3 Å². The minimum absolute atomic E-state index is 0.0759. The number of carboxylic acids is 1. The van der Waals surface area contributed by atoms with Crippen molar-refractivity contribution in [2.24, 2.45) is 23.7 Å². The van der Waals surface area contributed by atoms with Gasteiger partial charge in [0.2, 0.25) is 0 Å². The van der Waals surface area contributed by atoms with Crippen LogP contribution in [-0.4, -0.2) is 48.9 Å². The van der Waals surface area contributed by atoms with Gasteiger partial charge >= 0.3 is 17.9 Å². The van der Waals surface area contributed by atoms with Crippen molar-refractivity contribution in [3.8, 4) is 0 Å². The maximum absolute atomic E-state index is 11.4. The molecule has 2 N–H and O–H groups in total. The Kier molecular flexibility index (Phi) is 14.2. The second-order valence-electron chi connectivity index (χ2n) is 9.03. The first-order chi connectivity index (χ1) is 14.9. The number of carbonyl (C=O) groups is 3. The van der Waals surface area contributed by atoms with E-state index in [4.69, 9.17) is 14.9 Å². The molecule has 2 aliphatic carbocycles. The highest BCUT2D eigenvalue weighted by Crippen LogP contribution is 2.31. The van der Waals surface area contributed by atoms with Crippen molar-refractivity contribution >= 4 is 17.9 Å². The fourth-order valence-electron chi connectivity index (χ4n) is 4.95. The number of aliphatic hydroxyl groups is 1. The highest BCUT2D eigenvalue weighted by molar-refractivity contribution is 5.78. The van der Waals surface area contributed by atoms with Gasteiger partial charge in [-0.25, -0.2) is 0 Å². The lowest BCUT2D eigenvalue weighted by molar-refractivity contribution is -0.151. The van der Waals surface area contributed by atoms with Crippen LogP contribution in [0.3, 0.4) is 0 Å². The summed E-state index contributed by atoms with van der Waals surface area (Å²) in [7, 11) is 2.74. The normalized spacial score (nSPS) is 19.5. The zero-order chi connectivity index (χ0) is 23.1. The van der Waals surface area contributed by atoms with Crippen LogP contribution >= 0.6 is 0 Å². The van der Waals surface area contributed by atoms with Crippen molar-refractivity contribution in [1.82, 2.24) is 0 Å². The predicted molar refractivity (Wildman–Crippen MR) is 117 cm³/mol. The molecule has 0 aromatic heterocycles. The smallest absolute Gasteiger partial charge is 0.309 e. The molecule has 2 saturated carbocycles. The molecule has 0 radical (unpaired) electrons. The molecule has 0 saturated heterocycles. The number of esters is 2. The molecule has 2 atom stereocenters. The van der Waals surface area contributed by atoms with E-state index in [2.05, 4.69) is 4.74 Å². The van der Waals surface area contributed by atoms with Gasteiger partial charge in [-0.2, -0.15) is 0 Å². The molecule has 7 heteroatoms. The van der Waals surface area contributed by atoms with Gasteiger partial charge in [0.15, 0.2) is 0 Å². The number of rotatable bonds is 10. The standard InChI is InChI=1S/C12H20O4.C12H22O3/c1-16-12(15)10(8-11(13)14)7-9-5-3-2-4-6-9;1-15-12(14)11(7-8-13)9-10-5-3-2-4-6-10/h9-10H,2-8H2,1H3,(H,13,14);10-11,13H,2-9H2,1H3/t10-;11-/m01/s1. The topological polar surface area (TPSA) is 110 Å². The van der Waals surface area contributed by atoms with E-state index in [9.17, 15) is 14.4 Å². The van der Waals surface area contributed by atoms with Crippen LogP contribution in [0.5, 0.6) is 0 Å². The molecule has 0 amide bonds. The summed E-state index contributed by atoms with van der Waals surface area (Å²) in [4.78, 5) is 33.5. The SMILES string of the molecule is COC(=O)[C@H](CC(=O)O)CC1CCCCC1.COC(=O)[C@H](CCO)CC1CCCCC1. The minimum atomic E-state index is -0.925. The summed E-state index contributed by atoms with van der Waals surface area (Å²) in [5, 5.41) is 17.7. The first-order valence-electron chi connectivity index (χ1n) is 11.9. The van der Waals surface area contributed by atoms with Crippen LogP contribution in [0, 0.1) is 23.7 Å². The molecule has 31 heavy (non-hydrogen) atoms. The van der Waals surface area contributed by atoms with Crippen LogP contribution in [0.1, 0.15) is 89.9 Å². The Bertz CT molecular complexity index is 522. The lowest BCUT2D eigenvalue weighted by atomic mass is 9.82. The van der Waals surface area contributed by atoms with Crippen molar-refractivity contribution in [2.45, 2.75) is 89.9 Å². The molecule has 2 rings (SSSR count). The van der Waals surface area contributed by atoms with Gasteiger partial charge in [0.1, 0.15) is 0 Å².